The Balaban J connectivity index is 2.23. The Labute approximate surface area is 126 Å². The molecule has 1 amide bonds. The summed E-state index contributed by atoms with van der Waals surface area (Å²) in [4.78, 5) is 24.4. The van der Waals surface area contributed by atoms with Gasteiger partial charge in [-0.05, 0) is 36.0 Å². The second kappa shape index (κ2) is 7.01. The zero-order valence-electron chi connectivity index (χ0n) is 11.6. The summed E-state index contributed by atoms with van der Waals surface area (Å²) in [6.07, 6.45) is 0.622. The van der Waals surface area contributed by atoms with E-state index < -0.39 is 5.97 Å². The quantitative estimate of drug-likeness (QED) is 0.830. The summed E-state index contributed by atoms with van der Waals surface area (Å²) < 4.78 is 4.69. The number of anilines is 1. The van der Waals surface area contributed by atoms with Gasteiger partial charge in [-0.25, -0.2) is 4.79 Å². The lowest BCUT2D eigenvalue weighted by atomic mass is 10.0. The maximum Gasteiger partial charge on any atom is 0.350 e. The first-order valence-corrected chi connectivity index (χ1v) is 7.30. The molecule has 0 bridgehead atoms. The lowest BCUT2D eigenvalue weighted by molar-refractivity contribution is 0.0607. The van der Waals surface area contributed by atoms with E-state index in [9.17, 15) is 9.59 Å². The highest BCUT2D eigenvalue weighted by atomic mass is 32.1. The summed E-state index contributed by atoms with van der Waals surface area (Å²) in [6, 6.07) is 8.96. The van der Waals surface area contributed by atoms with Crippen molar-refractivity contribution >= 4 is 28.9 Å². The van der Waals surface area contributed by atoms with E-state index in [4.69, 9.17) is 5.73 Å². The summed E-state index contributed by atoms with van der Waals surface area (Å²) in [5.74, 6) is -0.724. The molecule has 0 unspecified atom stereocenters. The van der Waals surface area contributed by atoms with Crippen LogP contribution in [0, 0.1) is 0 Å². The molecule has 0 aliphatic rings. The number of ether oxygens (including phenoxy) is 1. The topological polar surface area (TPSA) is 81.4 Å². The van der Waals surface area contributed by atoms with Gasteiger partial charge in [-0.2, -0.15) is 0 Å². The minimum absolute atomic E-state index is 0.261. The van der Waals surface area contributed by atoms with Gasteiger partial charge in [0.15, 0.2) is 0 Å². The number of methoxy groups -OCH3 is 1. The third-order valence-electron chi connectivity index (χ3n) is 2.96. The fraction of sp³-hybridized carbons (Fsp3) is 0.200. The molecular formula is C15H16N2O3S. The number of rotatable bonds is 5. The number of hydrogen-bond acceptors (Lipinski definition) is 5. The number of nitrogens with one attached hydrogen (secondary N) is 1. The summed E-state index contributed by atoms with van der Waals surface area (Å²) in [7, 11) is 1.31. The second-order valence-corrected chi connectivity index (χ2v) is 5.22. The van der Waals surface area contributed by atoms with E-state index >= 15 is 0 Å². The summed E-state index contributed by atoms with van der Waals surface area (Å²) >= 11 is 1.22. The van der Waals surface area contributed by atoms with Crippen LogP contribution in [0.2, 0.25) is 0 Å². The lowest BCUT2D eigenvalue weighted by Crippen LogP contribution is -2.17. The summed E-state index contributed by atoms with van der Waals surface area (Å²) in [6.45, 7) is 0.468. The minimum atomic E-state index is -0.462. The molecule has 3 N–H and O–H groups in total. The van der Waals surface area contributed by atoms with Crippen molar-refractivity contribution in [3.05, 3.63) is 51.7 Å². The Bertz CT molecular complexity index is 652. The normalized spacial score (nSPS) is 10.2. The van der Waals surface area contributed by atoms with E-state index in [0.717, 1.165) is 5.56 Å². The molecule has 0 atom stereocenters. The van der Waals surface area contributed by atoms with Crippen LogP contribution in [0.4, 0.5) is 5.69 Å². The number of carbonyl (C=O) groups is 2. The molecule has 0 aliphatic heterocycles. The van der Waals surface area contributed by atoms with Crippen LogP contribution in [0.1, 0.15) is 25.6 Å². The van der Waals surface area contributed by atoms with Crippen molar-refractivity contribution < 1.29 is 14.3 Å². The van der Waals surface area contributed by atoms with Gasteiger partial charge in [0, 0.05) is 5.56 Å². The van der Waals surface area contributed by atoms with E-state index in [0.29, 0.717) is 29.1 Å². The highest BCUT2D eigenvalue weighted by molar-refractivity contribution is 7.12. The first-order chi connectivity index (χ1) is 10.2. The third-order valence-corrected chi connectivity index (χ3v) is 3.85. The number of amides is 1. The van der Waals surface area contributed by atoms with E-state index in [-0.39, 0.29) is 5.91 Å². The molecule has 0 radical (unpaired) electrons. The van der Waals surface area contributed by atoms with Crippen molar-refractivity contribution in [3.63, 3.8) is 0 Å². The van der Waals surface area contributed by atoms with Gasteiger partial charge in [-0.3, -0.25) is 4.79 Å². The fourth-order valence-electron chi connectivity index (χ4n) is 1.96. The average molecular weight is 304 g/mol. The maximum atomic E-state index is 12.4. The number of esters is 1. The molecule has 1 aromatic carbocycles. The molecule has 2 aromatic rings. The molecule has 110 valence electrons. The van der Waals surface area contributed by atoms with E-state index in [2.05, 4.69) is 10.1 Å². The third kappa shape index (κ3) is 3.48. The number of hydrogen-bond donors (Lipinski definition) is 2. The molecule has 6 heteroatoms. The van der Waals surface area contributed by atoms with Crippen molar-refractivity contribution in [2.75, 3.05) is 19.0 Å². The smallest absolute Gasteiger partial charge is 0.350 e. The molecule has 1 heterocycles. The van der Waals surface area contributed by atoms with Gasteiger partial charge in [-0.1, -0.05) is 18.2 Å². The van der Waals surface area contributed by atoms with Crippen molar-refractivity contribution in [2.24, 2.45) is 5.73 Å². The molecule has 21 heavy (non-hydrogen) atoms. The van der Waals surface area contributed by atoms with E-state index in [1.807, 2.05) is 12.1 Å². The number of benzene rings is 1. The Morgan fingerprint density at radius 1 is 1.29 bits per heavy atom. The lowest BCUT2D eigenvalue weighted by Gasteiger charge is -2.09. The summed E-state index contributed by atoms with van der Waals surface area (Å²) in [5.41, 5.74) is 7.46. The highest BCUT2D eigenvalue weighted by Gasteiger charge is 2.17. The maximum absolute atomic E-state index is 12.4. The van der Waals surface area contributed by atoms with Gasteiger partial charge in [0.2, 0.25) is 0 Å². The molecule has 0 spiro atoms. The Morgan fingerprint density at radius 2 is 2.05 bits per heavy atom. The van der Waals surface area contributed by atoms with Gasteiger partial charge in [-0.15, -0.1) is 11.3 Å². The van der Waals surface area contributed by atoms with Crippen LogP contribution in [-0.2, 0) is 11.2 Å². The monoisotopic (exact) mass is 304 g/mol. The number of carbonyl (C=O) groups excluding carboxylic acids is 2. The Morgan fingerprint density at radius 3 is 2.76 bits per heavy atom. The zero-order chi connectivity index (χ0) is 15.2. The zero-order valence-corrected chi connectivity index (χ0v) is 12.4. The van der Waals surface area contributed by atoms with Crippen molar-refractivity contribution in [1.29, 1.82) is 0 Å². The Kier molecular flexibility index (Phi) is 5.08. The molecular weight excluding hydrogens is 288 g/mol. The SMILES string of the molecule is COC(=O)c1sccc1NC(=O)c1ccccc1CCN. The predicted molar refractivity (Wildman–Crippen MR) is 82.8 cm³/mol. The van der Waals surface area contributed by atoms with Gasteiger partial charge in [0.25, 0.3) is 5.91 Å². The van der Waals surface area contributed by atoms with Crippen molar-refractivity contribution in [2.45, 2.75) is 6.42 Å². The van der Waals surface area contributed by atoms with Gasteiger partial charge in [0.05, 0.1) is 12.8 Å². The second-order valence-electron chi connectivity index (χ2n) is 4.30. The van der Waals surface area contributed by atoms with Crippen LogP contribution in [-0.4, -0.2) is 25.5 Å². The molecule has 0 saturated carbocycles. The van der Waals surface area contributed by atoms with Gasteiger partial charge in [0.1, 0.15) is 4.88 Å². The van der Waals surface area contributed by atoms with E-state index in [1.165, 1.54) is 18.4 Å². The molecule has 0 saturated heterocycles. The van der Waals surface area contributed by atoms with Crippen LogP contribution >= 0.6 is 11.3 Å². The fourth-order valence-corrected chi connectivity index (χ4v) is 2.73. The Hall–Kier alpha value is -2.18. The van der Waals surface area contributed by atoms with Crippen LogP contribution in [0.15, 0.2) is 35.7 Å². The van der Waals surface area contributed by atoms with Crippen LogP contribution in [0.5, 0.6) is 0 Å². The highest BCUT2D eigenvalue weighted by Crippen LogP contribution is 2.24. The average Bonchev–Trinajstić information content (AvgIpc) is 2.95. The van der Waals surface area contributed by atoms with Gasteiger partial charge < -0.3 is 15.8 Å². The predicted octanol–water partition coefficient (Wildman–Crippen LogP) is 2.29. The largest absolute Gasteiger partial charge is 0.465 e. The number of thiophene rings is 1. The van der Waals surface area contributed by atoms with Gasteiger partial charge >= 0.3 is 5.97 Å². The van der Waals surface area contributed by atoms with Crippen LogP contribution in [0.3, 0.4) is 0 Å². The molecule has 1 aromatic heterocycles. The minimum Gasteiger partial charge on any atom is -0.465 e. The first-order valence-electron chi connectivity index (χ1n) is 6.42. The molecule has 0 aliphatic carbocycles. The summed E-state index contributed by atoms with van der Waals surface area (Å²) in [5, 5.41) is 4.48. The number of nitrogens with two attached hydrogens (primary N) is 1. The van der Waals surface area contributed by atoms with Crippen molar-refractivity contribution in [3.8, 4) is 0 Å². The van der Waals surface area contributed by atoms with Crippen molar-refractivity contribution in [1.82, 2.24) is 0 Å². The molecule has 2 rings (SSSR count). The first kappa shape index (κ1) is 15.2. The van der Waals surface area contributed by atoms with Crippen LogP contribution < -0.4 is 11.1 Å². The molecule has 0 fully saturated rings. The standard InChI is InChI=1S/C15H16N2O3S/c1-20-15(19)13-12(7-9-21-13)17-14(18)11-5-3-2-4-10(11)6-8-16/h2-5,7,9H,6,8,16H2,1H3,(H,17,18). The van der Waals surface area contributed by atoms with E-state index in [1.54, 1.807) is 23.6 Å². The molecule has 5 nitrogen and oxygen atoms in total. The van der Waals surface area contributed by atoms with Crippen LogP contribution in [0.25, 0.3) is 0 Å².